The van der Waals surface area contributed by atoms with Gasteiger partial charge in [0, 0.05) is 25.2 Å². The first-order valence-electron chi connectivity index (χ1n) is 6.55. The van der Waals surface area contributed by atoms with E-state index in [0.29, 0.717) is 5.75 Å². The molecule has 0 amide bonds. The summed E-state index contributed by atoms with van der Waals surface area (Å²) in [6.45, 7) is 5.37. The first-order valence-corrected chi connectivity index (χ1v) is 6.55. The van der Waals surface area contributed by atoms with Gasteiger partial charge in [0.15, 0.2) is 0 Å². The lowest BCUT2D eigenvalue weighted by Crippen LogP contribution is -2.25. The molecule has 1 aromatic carbocycles. The number of nitrogens with one attached hydrogen (secondary N) is 1. The highest BCUT2D eigenvalue weighted by atomic mass is 16.5. The van der Waals surface area contributed by atoms with Crippen molar-refractivity contribution in [3.8, 4) is 11.5 Å². The minimum absolute atomic E-state index is 0.367. The van der Waals surface area contributed by atoms with E-state index in [1.165, 1.54) is 0 Å². The molecule has 2 aliphatic rings. The van der Waals surface area contributed by atoms with Crippen LogP contribution in [-0.2, 0) is 6.54 Å². The van der Waals surface area contributed by atoms with E-state index in [0.717, 1.165) is 55.9 Å². The van der Waals surface area contributed by atoms with Crippen molar-refractivity contribution in [2.45, 2.75) is 6.54 Å². The topological polar surface area (TPSA) is 44.7 Å². The van der Waals surface area contributed by atoms with Crippen molar-refractivity contribution in [2.75, 3.05) is 33.3 Å². The molecule has 0 bridgehead atoms. The lowest BCUT2D eigenvalue weighted by atomic mass is 10.0. The molecule has 0 saturated carbocycles. The summed E-state index contributed by atoms with van der Waals surface area (Å²) in [7, 11) is 1.65. The van der Waals surface area contributed by atoms with Crippen molar-refractivity contribution in [3.05, 3.63) is 23.8 Å². The quantitative estimate of drug-likeness (QED) is 0.839. The van der Waals surface area contributed by atoms with Crippen LogP contribution in [0, 0.1) is 11.8 Å². The maximum absolute atomic E-state index is 9.90. The van der Waals surface area contributed by atoms with Crippen molar-refractivity contribution in [3.63, 3.8) is 0 Å². The fraction of sp³-hybridized carbons (Fsp3) is 0.571. The largest absolute Gasteiger partial charge is 0.508 e. The van der Waals surface area contributed by atoms with Crippen LogP contribution in [0.15, 0.2) is 18.2 Å². The number of rotatable bonds is 3. The van der Waals surface area contributed by atoms with Gasteiger partial charge in [-0.25, -0.2) is 0 Å². The van der Waals surface area contributed by atoms with Crippen LogP contribution >= 0.6 is 0 Å². The molecular weight excluding hydrogens is 228 g/mol. The summed E-state index contributed by atoms with van der Waals surface area (Å²) in [5.41, 5.74) is 0.960. The van der Waals surface area contributed by atoms with Gasteiger partial charge in [0.2, 0.25) is 0 Å². The number of ether oxygens (including phenoxy) is 1. The number of likely N-dealkylation sites (tertiary alicyclic amines) is 1. The highest BCUT2D eigenvalue weighted by molar-refractivity contribution is 5.39. The molecule has 3 rings (SSSR count). The third kappa shape index (κ3) is 2.18. The lowest BCUT2D eigenvalue weighted by molar-refractivity contribution is 0.299. The summed E-state index contributed by atoms with van der Waals surface area (Å²) in [5, 5.41) is 13.3. The summed E-state index contributed by atoms with van der Waals surface area (Å²) in [4.78, 5) is 2.44. The molecule has 4 heteroatoms. The normalized spacial score (nSPS) is 27.4. The van der Waals surface area contributed by atoms with Crippen molar-refractivity contribution in [2.24, 2.45) is 11.8 Å². The number of hydrogen-bond acceptors (Lipinski definition) is 4. The van der Waals surface area contributed by atoms with Gasteiger partial charge in [0.25, 0.3) is 0 Å². The third-order valence-corrected chi connectivity index (χ3v) is 4.15. The molecule has 0 spiro atoms. The summed E-state index contributed by atoms with van der Waals surface area (Å²) < 4.78 is 5.21. The second-order valence-corrected chi connectivity index (χ2v) is 5.37. The van der Waals surface area contributed by atoms with Gasteiger partial charge in [-0.1, -0.05) is 0 Å². The molecule has 2 unspecified atom stereocenters. The molecular formula is C14H20N2O2. The number of phenolic OH excluding ortho intramolecular Hbond substituents is 1. The van der Waals surface area contributed by atoms with E-state index in [9.17, 15) is 5.11 Å². The molecule has 1 aromatic rings. The van der Waals surface area contributed by atoms with Gasteiger partial charge in [0.05, 0.1) is 7.11 Å². The maximum Gasteiger partial charge on any atom is 0.120 e. The first-order chi connectivity index (χ1) is 8.76. The van der Waals surface area contributed by atoms with Gasteiger partial charge in [-0.05, 0) is 43.1 Å². The smallest absolute Gasteiger partial charge is 0.120 e. The Balaban J connectivity index is 1.69. The summed E-state index contributed by atoms with van der Waals surface area (Å²) in [5.74, 6) is 2.75. The molecule has 2 N–H and O–H groups in total. The molecule has 0 radical (unpaired) electrons. The number of methoxy groups -OCH3 is 1. The van der Waals surface area contributed by atoms with Crippen LogP contribution in [0.5, 0.6) is 11.5 Å². The van der Waals surface area contributed by atoms with Crippen molar-refractivity contribution in [1.29, 1.82) is 0 Å². The number of aromatic hydroxyl groups is 1. The highest BCUT2D eigenvalue weighted by Crippen LogP contribution is 2.30. The minimum Gasteiger partial charge on any atom is -0.508 e. The Labute approximate surface area is 108 Å². The zero-order chi connectivity index (χ0) is 12.5. The molecule has 98 valence electrons. The van der Waals surface area contributed by atoms with Gasteiger partial charge in [0.1, 0.15) is 11.5 Å². The van der Waals surface area contributed by atoms with Gasteiger partial charge >= 0.3 is 0 Å². The van der Waals surface area contributed by atoms with Crippen LogP contribution in [0.25, 0.3) is 0 Å². The second kappa shape index (κ2) is 4.78. The van der Waals surface area contributed by atoms with E-state index in [2.05, 4.69) is 10.2 Å². The molecule has 2 fully saturated rings. The number of benzene rings is 1. The van der Waals surface area contributed by atoms with E-state index in [1.807, 2.05) is 6.07 Å². The zero-order valence-electron chi connectivity index (χ0n) is 10.7. The van der Waals surface area contributed by atoms with Crippen LogP contribution in [0.3, 0.4) is 0 Å². The van der Waals surface area contributed by atoms with Crippen LogP contribution < -0.4 is 10.1 Å². The molecule has 2 atom stereocenters. The average Bonchev–Trinajstić information content (AvgIpc) is 2.92. The van der Waals surface area contributed by atoms with Gasteiger partial charge in [-0.2, -0.15) is 0 Å². The Morgan fingerprint density at radius 3 is 2.72 bits per heavy atom. The second-order valence-electron chi connectivity index (χ2n) is 5.37. The van der Waals surface area contributed by atoms with Gasteiger partial charge < -0.3 is 15.2 Å². The Morgan fingerprint density at radius 1 is 1.33 bits per heavy atom. The van der Waals surface area contributed by atoms with E-state index < -0.39 is 0 Å². The van der Waals surface area contributed by atoms with Crippen LogP contribution in [0.1, 0.15) is 5.56 Å². The molecule has 18 heavy (non-hydrogen) atoms. The Morgan fingerprint density at radius 2 is 2.06 bits per heavy atom. The number of phenols is 1. The average molecular weight is 248 g/mol. The number of nitrogens with zero attached hydrogens (tertiary/aromatic N) is 1. The Hall–Kier alpha value is -1.26. The predicted octanol–water partition coefficient (Wildman–Crippen LogP) is 1.05. The predicted molar refractivity (Wildman–Crippen MR) is 69.8 cm³/mol. The zero-order valence-corrected chi connectivity index (χ0v) is 10.7. The van der Waals surface area contributed by atoms with E-state index in [4.69, 9.17) is 4.74 Å². The SMILES string of the molecule is COc1ccc(O)c(CN2CC3CNCC3C2)c1. The highest BCUT2D eigenvalue weighted by Gasteiger charge is 2.35. The molecule has 2 heterocycles. The minimum atomic E-state index is 0.367. The van der Waals surface area contributed by atoms with E-state index in [1.54, 1.807) is 19.2 Å². The van der Waals surface area contributed by atoms with Gasteiger partial charge in [-0.3, -0.25) is 4.90 Å². The lowest BCUT2D eigenvalue weighted by Gasteiger charge is -2.18. The monoisotopic (exact) mass is 248 g/mol. The van der Waals surface area contributed by atoms with Crippen molar-refractivity contribution < 1.29 is 9.84 Å². The molecule has 0 aromatic heterocycles. The molecule has 2 saturated heterocycles. The molecule has 4 nitrogen and oxygen atoms in total. The van der Waals surface area contributed by atoms with E-state index in [-0.39, 0.29) is 0 Å². The van der Waals surface area contributed by atoms with Crippen LogP contribution in [-0.4, -0.2) is 43.3 Å². The fourth-order valence-corrected chi connectivity index (χ4v) is 3.14. The van der Waals surface area contributed by atoms with Crippen LogP contribution in [0.4, 0.5) is 0 Å². The number of hydrogen-bond donors (Lipinski definition) is 2. The summed E-state index contributed by atoms with van der Waals surface area (Å²) >= 11 is 0. The standard InChI is InChI=1S/C14H20N2O2/c1-18-13-2-3-14(17)10(4-13)7-16-8-11-5-15-6-12(11)9-16/h2-4,11-12,15,17H,5-9H2,1H3. The summed E-state index contributed by atoms with van der Waals surface area (Å²) in [6.07, 6.45) is 0. The van der Waals surface area contributed by atoms with Crippen molar-refractivity contribution in [1.82, 2.24) is 10.2 Å². The maximum atomic E-state index is 9.90. The first kappa shape index (κ1) is 11.8. The third-order valence-electron chi connectivity index (χ3n) is 4.15. The number of fused-ring (bicyclic) bond motifs is 1. The Bertz CT molecular complexity index is 424. The Kier molecular flexibility index (Phi) is 3.14. The summed E-state index contributed by atoms with van der Waals surface area (Å²) in [6, 6.07) is 5.44. The van der Waals surface area contributed by atoms with Gasteiger partial charge in [-0.15, -0.1) is 0 Å². The molecule has 2 aliphatic heterocycles. The fourth-order valence-electron chi connectivity index (χ4n) is 3.14. The molecule has 0 aliphatic carbocycles. The van der Waals surface area contributed by atoms with Crippen molar-refractivity contribution >= 4 is 0 Å². The van der Waals surface area contributed by atoms with Crippen LogP contribution in [0.2, 0.25) is 0 Å². The van der Waals surface area contributed by atoms with E-state index >= 15 is 0 Å².